The minimum atomic E-state index is -0.670. The summed E-state index contributed by atoms with van der Waals surface area (Å²) in [5.74, 6) is 0.156. The average molecular weight is 553 g/mol. The van der Waals surface area contributed by atoms with Crippen molar-refractivity contribution >= 4 is 55.5 Å². The van der Waals surface area contributed by atoms with E-state index in [-0.39, 0.29) is 5.91 Å². The second-order valence-corrected chi connectivity index (χ2v) is 10.9. The molecule has 8 heteroatoms. The molecule has 0 saturated heterocycles. The molecule has 4 aromatic carbocycles. The third kappa shape index (κ3) is 3.99. The third-order valence-electron chi connectivity index (χ3n) is 7.69. The molecule has 0 unspecified atom stereocenters. The van der Waals surface area contributed by atoms with E-state index in [1.54, 1.807) is 23.0 Å². The number of benzene rings is 4. The zero-order valence-corrected chi connectivity index (χ0v) is 23.2. The number of aromatic nitrogens is 4. The van der Waals surface area contributed by atoms with E-state index in [1.807, 2.05) is 66.7 Å². The third-order valence-corrected chi connectivity index (χ3v) is 7.69. The first-order chi connectivity index (χ1) is 20.4. The van der Waals surface area contributed by atoms with Gasteiger partial charge in [-0.15, -0.1) is 5.10 Å². The van der Waals surface area contributed by atoms with E-state index in [0.717, 1.165) is 44.4 Å². The van der Waals surface area contributed by atoms with Gasteiger partial charge in [0.05, 0.1) is 17.2 Å². The fourth-order valence-corrected chi connectivity index (χ4v) is 5.99. The molecule has 0 aliphatic rings. The van der Waals surface area contributed by atoms with E-state index in [1.165, 1.54) is 10.1 Å². The largest absolute Gasteiger partial charge is 0.351 e. The molecule has 0 bridgehead atoms. The van der Waals surface area contributed by atoms with Gasteiger partial charge in [-0.1, -0.05) is 80.6 Å². The molecule has 0 spiro atoms. The second kappa shape index (κ2) is 9.85. The number of amides is 2. The fourth-order valence-electron chi connectivity index (χ4n) is 5.99. The van der Waals surface area contributed by atoms with E-state index in [0.29, 0.717) is 28.3 Å². The van der Waals surface area contributed by atoms with Gasteiger partial charge < -0.3 is 5.73 Å². The molecule has 7 rings (SSSR count). The van der Waals surface area contributed by atoms with Crippen LogP contribution in [0.25, 0.3) is 54.9 Å². The number of para-hydroxylation sites is 1. The van der Waals surface area contributed by atoms with Crippen molar-refractivity contribution < 1.29 is 9.59 Å². The van der Waals surface area contributed by atoms with Gasteiger partial charge >= 0.3 is 6.03 Å². The molecule has 0 fully saturated rings. The number of hydrogen-bond acceptors (Lipinski definition) is 4. The lowest BCUT2D eigenvalue weighted by molar-refractivity contribution is 0.101. The average Bonchev–Trinajstić information content (AvgIpc) is 3.50. The Balaban J connectivity index is 1.60. The maximum atomic E-state index is 13.5. The number of rotatable bonds is 5. The molecular weight excluding hydrogens is 524 g/mol. The monoisotopic (exact) mass is 552 g/mol. The Morgan fingerprint density at radius 3 is 2.43 bits per heavy atom. The molecule has 0 aliphatic heterocycles. The summed E-state index contributed by atoms with van der Waals surface area (Å²) in [4.78, 5) is 26.8. The highest BCUT2D eigenvalue weighted by atomic mass is 16.2. The van der Waals surface area contributed by atoms with Gasteiger partial charge in [0.15, 0.2) is 0 Å². The SMILES string of the molecule is CC(C)Cc1ccc2c(c1)c1c3cccc(-c4nncc5ccccc45)c3n(C(N)=O)c1n2NC(=O)c1ccccc1. The van der Waals surface area contributed by atoms with Crippen molar-refractivity contribution in [2.45, 2.75) is 20.3 Å². The van der Waals surface area contributed by atoms with Crippen LogP contribution in [0.2, 0.25) is 0 Å². The normalized spacial score (nSPS) is 11.7. The minimum Gasteiger partial charge on any atom is -0.351 e. The fraction of sp³-hybridized carbons (Fsp3) is 0.118. The molecule has 7 aromatic rings. The summed E-state index contributed by atoms with van der Waals surface area (Å²) < 4.78 is 3.17. The Bertz CT molecular complexity index is 2170. The smallest absolute Gasteiger partial charge is 0.325 e. The molecular formula is C34H28N6O2. The topological polar surface area (TPSA) is 108 Å². The van der Waals surface area contributed by atoms with Crippen molar-refractivity contribution in [3.05, 3.63) is 108 Å². The molecule has 3 aromatic heterocycles. The molecule has 8 nitrogen and oxygen atoms in total. The Hall–Kier alpha value is -5.50. The minimum absolute atomic E-state index is 0.304. The predicted molar refractivity (Wildman–Crippen MR) is 167 cm³/mol. The Morgan fingerprint density at radius 1 is 0.881 bits per heavy atom. The van der Waals surface area contributed by atoms with Gasteiger partial charge in [0.1, 0.15) is 11.3 Å². The van der Waals surface area contributed by atoms with E-state index >= 15 is 0 Å². The number of nitrogens with two attached hydrogens (primary N) is 1. The van der Waals surface area contributed by atoms with E-state index in [4.69, 9.17) is 5.73 Å². The Kier molecular flexibility index (Phi) is 5.97. The summed E-state index contributed by atoms with van der Waals surface area (Å²) in [6.07, 6.45) is 2.61. The Labute approximate surface area is 241 Å². The molecule has 0 radical (unpaired) electrons. The second-order valence-electron chi connectivity index (χ2n) is 10.9. The van der Waals surface area contributed by atoms with Crippen LogP contribution >= 0.6 is 0 Å². The van der Waals surface area contributed by atoms with Gasteiger partial charge in [-0.05, 0) is 42.2 Å². The lowest BCUT2D eigenvalue weighted by Crippen LogP contribution is -2.26. The molecule has 0 aliphatic carbocycles. The molecule has 42 heavy (non-hydrogen) atoms. The van der Waals surface area contributed by atoms with Crippen molar-refractivity contribution in [2.24, 2.45) is 11.7 Å². The number of nitrogens with one attached hydrogen (secondary N) is 1. The van der Waals surface area contributed by atoms with Crippen LogP contribution in [0.5, 0.6) is 0 Å². The van der Waals surface area contributed by atoms with Crippen LogP contribution in [0.1, 0.15) is 29.8 Å². The summed E-state index contributed by atoms with van der Waals surface area (Å²) in [6.45, 7) is 4.36. The summed E-state index contributed by atoms with van der Waals surface area (Å²) in [6, 6.07) is 28.3. The highest BCUT2D eigenvalue weighted by Gasteiger charge is 2.26. The summed E-state index contributed by atoms with van der Waals surface area (Å²) >= 11 is 0. The summed E-state index contributed by atoms with van der Waals surface area (Å²) in [7, 11) is 0. The molecule has 0 saturated carbocycles. The predicted octanol–water partition coefficient (Wildman–Crippen LogP) is 6.87. The van der Waals surface area contributed by atoms with E-state index < -0.39 is 6.03 Å². The van der Waals surface area contributed by atoms with E-state index in [2.05, 4.69) is 41.6 Å². The van der Waals surface area contributed by atoms with Gasteiger partial charge in [-0.25, -0.2) is 14.0 Å². The van der Waals surface area contributed by atoms with Crippen molar-refractivity contribution in [1.82, 2.24) is 19.4 Å². The van der Waals surface area contributed by atoms with Crippen molar-refractivity contribution in [2.75, 3.05) is 5.43 Å². The number of nitrogens with zero attached hydrogens (tertiary/aromatic N) is 4. The number of carbonyl (C=O) groups excluding carboxylic acids is 2. The van der Waals surface area contributed by atoms with Gasteiger partial charge in [0.2, 0.25) is 0 Å². The first kappa shape index (κ1) is 25.5. The first-order valence-corrected chi connectivity index (χ1v) is 13.9. The number of carbonyl (C=O) groups is 2. The lowest BCUT2D eigenvalue weighted by Gasteiger charge is -2.13. The zero-order valence-electron chi connectivity index (χ0n) is 23.2. The van der Waals surface area contributed by atoms with Crippen molar-refractivity contribution in [3.8, 4) is 11.3 Å². The van der Waals surface area contributed by atoms with Crippen LogP contribution in [0, 0.1) is 5.92 Å². The molecule has 0 atom stereocenters. The molecule has 206 valence electrons. The van der Waals surface area contributed by atoms with Crippen LogP contribution < -0.4 is 11.2 Å². The summed E-state index contributed by atoms with van der Waals surface area (Å²) in [5.41, 5.74) is 14.1. The first-order valence-electron chi connectivity index (χ1n) is 13.9. The number of primary amides is 1. The maximum absolute atomic E-state index is 13.5. The standard InChI is InChI=1S/C34H28N6O2/c1-20(2)17-21-15-16-28-27(18-21)29-25-13-8-14-26(30-24-12-7-6-11-23(24)19-36-37-30)31(25)39(34(35)42)33(29)40(28)38-32(41)22-9-4-3-5-10-22/h3-16,18-20H,17H2,1-2H3,(H2,35,42)(H,38,41). The van der Waals surface area contributed by atoms with E-state index in [9.17, 15) is 9.59 Å². The zero-order chi connectivity index (χ0) is 29.0. The number of hydrogen-bond donors (Lipinski definition) is 2. The van der Waals surface area contributed by atoms with Crippen molar-refractivity contribution in [3.63, 3.8) is 0 Å². The van der Waals surface area contributed by atoms with Crippen LogP contribution in [-0.4, -0.2) is 31.4 Å². The van der Waals surface area contributed by atoms with Gasteiger partial charge in [0.25, 0.3) is 5.91 Å². The highest BCUT2D eigenvalue weighted by Crippen LogP contribution is 2.41. The number of fused-ring (bicyclic) bond motifs is 6. The van der Waals surface area contributed by atoms with Crippen LogP contribution in [0.3, 0.4) is 0 Å². The maximum Gasteiger partial charge on any atom is 0.325 e. The molecule has 3 heterocycles. The lowest BCUT2D eigenvalue weighted by atomic mass is 9.99. The van der Waals surface area contributed by atoms with Gasteiger partial charge in [-0.3, -0.25) is 10.2 Å². The molecule has 2 amide bonds. The van der Waals surface area contributed by atoms with Crippen LogP contribution in [0.15, 0.2) is 97.2 Å². The van der Waals surface area contributed by atoms with Crippen LogP contribution in [-0.2, 0) is 6.42 Å². The Morgan fingerprint density at radius 2 is 1.64 bits per heavy atom. The quantitative estimate of drug-likeness (QED) is 0.243. The van der Waals surface area contributed by atoms with Crippen LogP contribution in [0.4, 0.5) is 4.79 Å². The highest BCUT2D eigenvalue weighted by molar-refractivity contribution is 6.26. The summed E-state index contributed by atoms with van der Waals surface area (Å²) in [5, 5.41) is 13.2. The van der Waals surface area contributed by atoms with Crippen molar-refractivity contribution in [1.29, 1.82) is 0 Å². The van der Waals surface area contributed by atoms with Gasteiger partial charge in [0, 0.05) is 38.1 Å². The molecule has 3 N–H and O–H groups in total. The van der Waals surface area contributed by atoms with Gasteiger partial charge in [-0.2, -0.15) is 5.10 Å².